The molecule has 0 aliphatic heterocycles. The van der Waals surface area contributed by atoms with Crippen LogP contribution in [0, 0.1) is 0 Å². The van der Waals surface area contributed by atoms with Crippen LogP contribution in [0.5, 0.6) is 0 Å². The molecular weight excluding hydrogens is 258 g/mol. The second kappa shape index (κ2) is 4.81. The van der Waals surface area contributed by atoms with E-state index in [0.29, 0.717) is 17.3 Å². The molecule has 0 saturated heterocycles. The molecule has 4 N–H and O–H groups in total. The van der Waals surface area contributed by atoms with E-state index >= 15 is 0 Å². The lowest BCUT2D eigenvalue weighted by atomic mass is 9.88. The minimum atomic E-state index is -0.436. The number of carbonyl (C=O) groups is 1. The molecule has 1 fully saturated rings. The molecule has 1 aliphatic carbocycles. The highest BCUT2D eigenvalue weighted by atomic mass is 32.1. The molecule has 5 heteroatoms. The van der Waals surface area contributed by atoms with Crippen LogP contribution >= 0.6 is 11.3 Å². The van der Waals surface area contributed by atoms with E-state index in [4.69, 9.17) is 11.5 Å². The number of aromatic nitrogens is 1. The Labute approximate surface area is 115 Å². The topological polar surface area (TPSA) is 82.0 Å². The molecule has 19 heavy (non-hydrogen) atoms. The van der Waals surface area contributed by atoms with Gasteiger partial charge >= 0.3 is 0 Å². The largest absolute Gasteiger partial charge is 0.383 e. The van der Waals surface area contributed by atoms with Gasteiger partial charge in [-0.1, -0.05) is 19.3 Å². The molecule has 1 saturated carbocycles. The predicted octanol–water partition coefficient (Wildman–Crippen LogP) is 3.03. The van der Waals surface area contributed by atoms with Gasteiger partial charge in [0.2, 0.25) is 0 Å². The molecule has 0 aromatic carbocycles. The monoisotopic (exact) mass is 275 g/mol. The van der Waals surface area contributed by atoms with Gasteiger partial charge in [0.05, 0.1) is 10.3 Å². The van der Waals surface area contributed by atoms with Gasteiger partial charge in [0.15, 0.2) is 0 Å². The van der Waals surface area contributed by atoms with Crippen molar-refractivity contribution in [1.29, 1.82) is 0 Å². The first kappa shape index (κ1) is 12.4. The number of primary amides is 1. The molecule has 2 aromatic rings. The van der Waals surface area contributed by atoms with E-state index in [1.54, 1.807) is 11.3 Å². The standard InChI is InChI=1S/C14H17N3OS/c15-13-9-6-11(8-4-2-1-3-5-8)19-12(9)10(7-17-13)14(16)18/h6-8H,1-5H2,(H2,15,17)(H2,16,18). The normalized spacial score (nSPS) is 16.8. The summed E-state index contributed by atoms with van der Waals surface area (Å²) in [7, 11) is 0. The zero-order valence-corrected chi connectivity index (χ0v) is 11.5. The molecule has 1 aliphatic rings. The van der Waals surface area contributed by atoms with Crippen molar-refractivity contribution in [2.45, 2.75) is 38.0 Å². The number of hydrogen-bond acceptors (Lipinski definition) is 4. The van der Waals surface area contributed by atoms with Gasteiger partial charge in [-0.15, -0.1) is 11.3 Å². The Balaban J connectivity index is 2.10. The molecular formula is C14H17N3OS. The Morgan fingerprint density at radius 1 is 1.32 bits per heavy atom. The summed E-state index contributed by atoms with van der Waals surface area (Å²) in [6, 6.07) is 2.10. The lowest BCUT2D eigenvalue weighted by Crippen LogP contribution is -2.11. The van der Waals surface area contributed by atoms with Crippen molar-refractivity contribution in [3.8, 4) is 0 Å². The summed E-state index contributed by atoms with van der Waals surface area (Å²) in [5.41, 5.74) is 11.8. The molecule has 2 heterocycles. The minimum absolute atomic E-state index is 0.436. The van der Waals surface area contributed by atoms with Gasteiger partial charge in [0, 0.05) is 16.5 Å². The summed E-state index contributed by atoms with van der Waals surface area (Å²) in [6.45, 7) is 0. The van der Waals surface area contributed by atoms with E-state index in [-0.39, 0.29) is 0 Å². The molecule has 0 radical (unpaired) electrons. The fourth-order valence-electron chi connectivity index (χ4n) is 2.83. The van der Waals surface area contributed by atoms with Gasteiger partial charge in [-0.25, -0.2) is 4.98 Å². The third-order valence-electron chi connectivity index (χ3n) is 3.88. The SMILES string of the molecule is NC(=O)c1cnc(N)c2cc(C3CCCCC3)sc12. The zero-order valence-electron chi connectivity index (χ0n) is 10.7. The molecule has 1 amide bonds. The van der Waals surface area contributed by atoms with Gasteiger partial charge < -0.3 is 11.5 Å². The lowest BCUT2D eigenvalue weighted by Gasteiger charge is -2.19. The summed E-state index contributed by atoms with van der Waals surface area (Å²) in [6.07, 6.45) is 7.85. The number of fused-ring (bicyclic) bond motifs is 1. The van der Waals surface area contributed by atoms with Gasteiger partial charge in [-0.2, -0.15) is 0 Å². The van der Waals surface area contributed by atoms with E-state index in [0.717, 1.165) is 10.1 Å². The number of thiophene rings is 1. The van der Waals surface area contributed by atoms with Crippen LogP contribution in [-0.2, 0) is 0 Å². The minimum Gasteiger partial charge on any atom is -0.383 e. The maximum Gasteiger partial charge on any atom is 0.251 e. The average molecular weight is 275 g/mol. The Morgan fingerprint density at radius 3 is 2.74 bits per heavy atom. The molecule has 3 rings (SSSR count). The van der Waals surface area contributed by atoms with Crippen LogP contribution in [0.4, 0.5) is 5.82 Å². The summed E-state index contributed by atoms with van der Waals surface area (Å²) >= 11 is 1.65. The summed E-state index contributed by atoms with van der Waals surface area (Å²) in [5.74, 6) is 0.652. The Kier molecular flexibility index (Phi) is 3.14. The Bertz CT molecular complexity index is 629. The van der Waals surface area contributed by atoms with Crippen molar-refractivity contribution >= 4 is 33.1 Å². The number of pyridine rings is 1. The van der Waals surface area contributed by atoms with Crippen LogP contribution < -0.4 is 11.5 Å². The van der Waals surface area contributed by atoms with Gasteiger partial charge in [0.1, 0.15) is 5.82 Å². The highest BCUT2D eigenvalue weighted by Gasteiger charge is 2.20. The highest BCUT2D eigenvalue weighted by molar-refractivity contribution is 7.19. The van der Waals surface area contributed by atoms with Gasteiger partial charge in [0.25, 0.3) is 5.91 Å². The van der Waals surface area contributed by atoms with E-state index in [1.807, 2.05) is 0 Å². The predicted molar refractivity (Wildman–Crippen MR) is 78.4 cm³/mol. The van der Waals surface area contributed by atoms with Gasteiger partial charge in [-0.05, 0) is 24.8 Å². The van der Waals surface area contributed by atoms with Crippen LogP contribution in [0.1, 0.15) is 53.3 Å². The first-order valence-corrected chi connectivity index (χ1v) is 7.46. The molecule has 2 aromatic heterocycles. The first-order valence-electron chi connectivity index (χ1n) is 6.64. The number of nitrogens with two attached hydrogens (primary N) is 2. The second-order valence-corrected chi connectivity index (χ2v) is 6.23. The maximum absolute atomic E-state index is 11.5. The number of hydrogen-bond donors (Lipinski definition) is 2. The zero-order chi connectivity index (χ0) is 13.4. The van der Waals surface area contributed by atoms with Crippen molar-refractivity contribution in [3.05, 3.63) is 22.7 Å². The third kappa shape index (κ3) is 2.18. The van der Waals surface area contributed by atoms with E-state index in [2.05, 4.69) is 11.1 Å². The van der Waals surface area contributed by atoms with Crippen LogP contribution in [0.15, 0.2) is 12.3 Å². The van der Waals surface area contributed by atoms with E-state index in [9.17, 15) is 4.79 Å². The summed E-state index contributed by atoms with van der Waals surface area (Å²) < 4.78 is 0.889. The molecule has 0 unspecified atom stereocenters. The first-order chi connectivity index (χ1) is 9.16. The van der Waals surface area contributed by atoms with Crippen LogP contribution in [0.25, 0.3) is 10.1 Å². The molecule has 0 spiro atoms. The number of nitrogen functional groups attached to an aromatic ring is 1. The van der Waals surface area contributed by atoms with Crippen molar-refractivity contribution in [2.24, 2.45) is 5.73 Å². The maximum atomic E-state index is 11.5. The quantitative estimate of drug-likeness (QED) is 0.883. The van der Waals surface area contributed by atoms with Crippen LogP contribution in [0.2, 0.25) is 0 Å². The average Bonchev–Trinajstić information content (AvgIpc) is 2.85. The number of nitrogens with zero attached hydrogens (tertiary/aromatic N) is 1. The van der Waals surface area contributed by atoms with Crippen LogP contribution in [0.3, 0.4) is 0 Å². The Hall–Kier alpha value is -1.62. The van der Waals surface area contributed by atoms with Crippen molar-refractivity contribution < 1.29 is 4.79 Å². The summed E-state index contributed by atoms with van der Waals surface area (Å²) in [5, 5.41) is 0.877. The smallest absolute Gasteiger partial charge is 0.251 e. The number of anilines is 1. The molecule has 100 valence electrons. The van der Waals surface area contributed by atoms with Gasteiger partial charge in [-0.3, -0.25) is 4.79 Å². The highest BCUT2D eigenvalue weighted by Crippen LogP contribution is 2.40. The Morgan fingerprint density at radius 2 is 2.05 bits per heavy atom. The van der Waals surface area contributed by atoms with E-state index in [1.165, 1.54) is 43.2 Å². The van der Waals surface area contributed by atoms with Crippen molar-refractivity contribution in [1.82, 2.24) is 4.98 Å². The van der Waals surface area contributed by atoms with E-state index < -0.39 is 5.91 Å². The lowest BCUT2D eigenvalue weighted by molar-refractivity contribution is 0.100. The fourth-order valence-corrected chi connectivity index (χ4v) is 4.18. The third-order valence-corrected chi connectivity index (χ3v) is 5.21. The molecule has 4 nitrogen and oxygen atoms in total. The van der Waals surface area contributed by atoms with Crippen molar-refractivity contribution in [2.75, 3.05) is 5.73 Å². The number of carbonyl (C=O) groups excluding carboxylic acids is 1. The van der Waals surface area contributed by atoms with Crippen LogP contribution in [-0.4, -0.2) is 10.9 Å². The summed E-state index contributed by atoms with van der Waals surface area (Å²) in [4.78, 5) is 16.8. The molecule has 0 bridgehead atoms. The second-order valence-electron chi connectivity index (χ2n) is 5.15. The fraction of sp³-hybridized carbons (Fsp3) is 0.429. The number of amides is 1. The number of rotatable bonds is 2. The van der Waals surface area contributed by atoms with Crippen molar-refractivity contribution in [3.63, 3.8) is 0 Å². The molecule has 0 atom stereocenters.